The van der Waals surface area contributed by atoms with Crippen molar-refractivity contribution < 1.29 is 9.90 Å². The second-order valence-electron chi connectivity index (χ2n) is 3.08. The highest BCUT2D eigenvalue weighted by Gasteiger charge is 2.02. The lowest BCUT2D eigenvalue weighted by atomic mass is 10.3. The van der Waals surface area contributed by atoms with Crippen molar-refractivity contribution in [3.8, 4) is 0 Å². The number of aromatic carboxylic acids is 1. The van der Waals surface area contributed by atoms with Crippen LogP contribution in [0.15, 0.2) is 42.7 Å². The molecule has 0 aliphatic carbocycles. The number of nitrogens with zero attached hydrogens (tertiary/aromatic N) is 2. The van der Waals surface area contributed by atoms with Crippen molar-refractivity contribution >= 4 is 17.6 Å². The van der Waals surface area contributed by atoms with Crippen molar-refractivity contribution in [1.82, 2.24) is 9.97 Å². The predicted octanol–water partition coefficient (Wildman–Crippen LogP) is 1.92. The van der Waals surface area contributed by atoms with Crippen LogP contribution >= 0.6 is 0 Å². The number of rotatable bonds is 3. The number of carbonyl (C=O) groups is 1. The maximum absolute atomic E-state index is 10.6. The quantitative estimate of drug-likeness (QED) is 0.818. The van der Waals surface area contributed by atoms with Gasteiger partial charge in [0.1, 0.15) is 11.6 Å². The summed E-state index contributed by atoms with van der Waals surface area (Å²) in [5, 5.41) is 11.6. The van der Waals surface area contributed by atoms with E-state index in [9.17, 15) is 4.79 Å². The van der Waals surface area contributed by atoms with Crippen molar-refractivity contribution in [2.45, 2.75) is 0 Å². The molecule has 80 valence electrons. The average Bonchev–Trinajstić information content (AvgIpc) is 2.31. The summed E-state index contributed by atoms with van der Waals surface area (Å²) in [6.07, 6.45) is 2.96. The van der Waals surface area contributed by atoms with Gasteiger partial charge < -0.3 is 10.4 Å². The van der Waals surface area contributed by atoms with Gasteiger partial charge in [0.25, 0.3) is 0 Å². The molecule has 0 saturated heterocycles. The van der Waals surface area contributed by atoms with E-state index in [1.54, 1.807) is 18.3 Å². The summed E-state index contributed by atoms with van der Waals surface area (Å²) in [6, 6.07) is 8.54. The van der Waals surface area contributed by atoms with Crippen LogP contribution in [0.1, 0.15) is 10.4 Å². The van der Waals surface area contributed by atoms with Gasteiger partial charge >= 0.3 is 5.97 Å². The molecule has 2 rings (SSSR count). The summed E-state index contributed by atoms with van der Waals surface area (Å²) in [4.78, 5) is 18.6. The molecule has 0 fully saturated rings. The fourth-order valence-corrected chi connectivity index (χ4v) is 1.16. The number of anilines is 2. The molecule has 0 aliphatic rings. The van der Waals surface area contributed by atoms with Gasteiger partial charge in [-0.05, 0) is 24.3 Å². The highest BCUT2D eigenvalue weighted by Crippen LogP contribution is 2.11. The Kier molecular flexibility index (Phi) is 2.77. The first-order chi connectivity index (χ1) is 7.75. The molecule has 5 nitrogen and oxygen atoms in total. The molecule has 0 spiro atoms. The fourth-order valence-electron chi connectivity index (χ4n) is 1.16. The second kappa shape index (κ2) is 4.39. The minimum Gasteiger partial charge on any atom is -0.478 e. The molecule has 0 atom stereocenters. The van der Waals surface area contributed by atoms with E-state index >= 15 is 0 Å². The third kappa shape index (κ3) is 2.33. The number of pyridine rings is 2. The van der Waals surface area contributed by atoms with Crippen LogP contribution in [0.25, 0.3) is 0 Å². The molecule has 0 unspecified atom stereocenters. The second-order valence-corrected chi connectivity index (χ2v) is 3.08. The van der Waals surface area contributed by atoms with Gasteiger partial charge in [0.2, 0.25) is 0 Å². The number of hydrogen-bond donors (Lipinski definition) is 2. The summed E-state index contributed by atoms with van der Waals surface area (Å²) in [7, 11) is 0. The monoisotopic (exact) mass is 215 g/mol. The lowest BCUT2D eigenvalue weighted by Gasteiger charge is -2.03. The molecule has 0 amide bonds. The molecule has 0 aromatic carbocycles. The Hall–Kier alpha value is -2.43. The maximum atomic E-state index is 10.6. The summed E-state index contributed by atoms with van der Waals surface area (Å²) < 4.78 is 0. The largest absolute Gasteiger partial charge is 0.478 e. The van der Waals surface area contributed by atoms with Gasteiger partial charge in [0.05, 0.1) is 5.56 Å². The zero-order valence-electron chi connectivity index (χ0n) is 8.29. The average molecular weight is 215 g/mol. The van der Waals surface area contributed by atoms with Gasteiger partial charge in [-0.3, -0.25) is 0 Å². The van der Waals surface area contributed by atoms with Crippen LogP contribution in [0.3, 0.4) is 0 Å². The molecular formula is C11H9N3O2. The van der Waals surface area contributed by atoms with E-state index in [1.807, 2.05) is 12.1 Å². The third-order valence-corrected chi connectivity index (χ3v) is 1.93. The molecular weight excluding hydrogens is 206 g/mol. The van der Waals surface area contributed by atoms with Crippen LogP contribution < -0.4 is 5.32 Å². The molecule has 16 heavy (non-hydrogen) atoms. The predicted molar refractivity (Wildman–Crippen MR) is 58.7 cm³/mol. The zero-order valence-corrected chi connectivity index (χ0v) is 8.29. The van der Waals surface area contributed by atoms with E-state index in [0.717, 1.165) is 0 Å². The summed E-state index contributed by atoms with van der Waals surface area (Å²) in [6.45, 7) is 0. The maximum Gasteiger partial charge on any atom is 0.337 e. The van der Waals surface area contributed by atoms with Crippen LogP contribution in [-0.2, 0) is 0 Å². The van der Waals surface area contributed by atoms with Gasteiger partial charge in [0.15, 0.2) is 0 Å². The normalized spacial score (nSPS) is 9.75. The number of hydrogen-bond acceptors (Lipinski definition) is 4. The van der Waals surface area contributed by atoms with Crippen molar-refractivity contribution in [3.05, 3.63) is 48.3 Å². The Morgan fingerprint density at radius 1 is 1.12 bits per heavy atom. The minimum atomic E-state index is -0.989. The zero-order chi connectivity index (χ0) is 11.4. The van der Waals surface area contributed by atoms with Crippen molar-refractivity contribution in [1.29, 1.82) is 0 Å². The highest BCUT2D eigenvalue weighted by molar-refractivity contribution is 5.87. The summed E-state index contributed by atoms with van der Waals surface area (Å²) in [5.74, 6) is 0.235. The summed E-state index contributed by atoms with van der Waals surface area (Å²) in [5.41, 5.74) is 0.159. The van der Waals surface area contributed by atoms with E-state index in [-0.39, 0.29) is 5.56 Å². The third-order valence-electron chi connectivity index (χ3n) is 1.93. The lowest BCUT2D eigenvalue weighted by molar-refractivity contribution is 0.0696. The van der Waals surface area contributed by atoms with Gasteiger partial charge in [-0.1, -0.05) is 6.07 Å². The van der Waals surface area contributed by atoms with Gasteiger partial charge in [-0.15, -0.1) is 0 Å². The Balaban J connectivity index is 2.14. The Morgan fingerprint density at radius 3 is 2.50 bits per heavy atom. The van der Waals surface area contributed by atoms with Crippen LogP contribution in [0, 0.1) is 0 Å². The minimum absolute atomic E-state index is 0.159. The van der Waals surface area contributed by atoms with E-state index in [4.69, 9.17) is 5.11 Å². The number of nitrogens with one attached hydrogen (secondary N) is 1. The summed E-state index contributed by atoms with van der Waals surface area (Å²) >= 11 is 0. The van der Waals surface area contributed by atoms with Crippen molar-refractivity contribution in [2.24, 2.45) is 0 Å². The molecule has 2 aromatic rings. The SMILES string of the molecule is O=C(O)c1ccc(Nc2ccccn2)nc1. The first-order valence-corrected chi connectivity index (χ1v) is 4.63. The molecule has 2 aromatic heterocycles. The lowest BCUT2D eigenvalue weighted by Crippen LogP contribution is -1.99. The van der Waals surface area contributed by atoms with Gasteiger partial charge in [0, 0.05) is 12.4 Å². The van der Waals surface area contributed by atoms with Gasteiger partial charge in [-0.25, -0.2) is 14.8 Å². The van der Waals surface area contributed by atoms with Crippen LogP contribution in [0.2, 0.25) is 0 Å². The van der Waals surface area contributed by atoms with Crippen LogP contribution in [0.5, 0.6) is 0 Å². The first-order valence-electron chi connectivity index (χ1n) is 4.63. The van der Waals surface area contributed by atoms with E-state index in [2.05, 4.69) is 15.3 Å². The van der Waals surface area contributed by atoms with E-state index in [1.165, 1.54) is 12.3 Å². The Bertz CT molecular complexity index is 482. The molecule has 2 N–H and O–H groups in total. The molecule has 0 saturated carbocycles. The molecule has 5 heteroatoms. The number of carboxylic acid groups (broad SMARTS) is 1. The van der Waals surface area contributed by atoms with Crippen LogP contribution in [-0.4, -0.2) is 21.0 Å². The van der Waals surface area contributed by atoms with Gasteiger partial charge in [-0.2, -0.15) is 0 Å². The molecule has 0 aliphatic heterocycles. The standard InChI is InChI=1S/C11H9N3O2/c15-11(16)8-4-5-10(13-7-8)14-9-3-1-2-6-12-9/h1-7H,(H,15,16)(H,12,13,14). The highest BCUT2D eigenvalue weighted by atomic mass is 16.4. The topological polar surface area (TPSA) is 75.1 Å². The van der Waals surface area contributed by atoms with E-state index in [0.29, 0.717) is 11.6 Å². The Morgan fingerprint density at radius 2 is 1.94 bits per heavy atom. The molecule has 0 radical (unpaired) electrons. The molecule has 0 bridgehead atoms. The Labute approximate surface area is 91.8 Å². The van der Waals surface area contributed by atoms with Crippen molar-refractivity contribution in [3.63, 3.8) is 0 Å². The smallest absolute Gasteiger partial charge is 0.337 e. The fraction of sp³-hybridized carbons (Fsp3) is 0. The van der Waals surface area contributed by atoms with Crippen molar-refractivity contribution in [2.75, 3.05) is 5.32 Å². The molecule has 2 heterocycles. The van der Waals surface area contributed by atoms with E-state index < -0.39 is 5.97 Å². The first kappa shape index (κ1) is 10.1. The van der Waals surface area contributed by atoms with Crippen LogP contribution in [0.4, 0.5) is 11.6 Å². The number of carboxylic acids is 1. The number of aromatic nitrogens is 2.